The maximum Gasteiger partial charge on any atom is 0.410 e. The van der Waals surface area contributed by atoms with Gasteiger partial charge in [0.15, 0.2) is 5.78 Å². The van der Waals surface area contributed by atoms with E-state index in [1.54, 1.807) is 16.7 Å². The first-order chi connectivity index (χ1) is 11.0. The number of Topliss-reactive ketones (excluding diaryl/α,β-unsaturated/α-hetero) is 1. The summed E-state index contributed by atoms with van der Waals surface area (Å²) in [6.45, 7) is 12.5. The SMILES string of the molecule is CC(=O)[C@H](C(C)C)N1CCC2(CCN(C(=O)OC(C)(C)C)C2)C1=O. The molecule has 0 bridgehead atoms. The summed E-state index contributed by atoms with van der Waals surface area (Å²) in [6, 6.07) is -0.368. The molecule has 2 atom stereocenters. The minimum Gasteiger partial charge on any atom is -0.444 e. The van der Waals surface area contributed by atoms with Crippen LogP contribution < -0.4 is 0 Å². The third kappa shape index (κ3) is 3.57. The molecule has 6 heteroatoms. The van der Waals surface area contributed by atoms with Gasteiger partial charge in [0.25, 0.3) is 0 Å². The first-order valence-corrected chi connectivity index (χ1v) is 8.76. The van der Waals surface area contributed by atoms with Crippen molar-refractivity contribution >= 4 is 17.8 Å². The van der Waals surface area contributed by atoms with E-state index < -0.39 is 11.0 Å². The van der Waals surface area contributed by atoms with Gasteiger partial charge in [-0.05, 0) is 46.5 Å². The second-order valence-corrected chi connectivity index (χ2v) is 8.48. The van der Waals surface area contributed by atoms with E-state index in [0.717, 1.165) is 0 Å². The maximum atomic E-state index is 13.0. The molecular formula is C18H30N2O4. The number of ether oxygens (including phenoxy) is 1. The van der Waals surface area contributed by atoms with Crippen LogP contribution in [0.1, 0.15) is 54.4 Å². The third-order valence-corrected chi connectivity index (χ3v) is 4.94. The molecule has 1 unspecified atom stereocenters. The zero-order valence-corrected chi connectivity index (χ0v) is 15.7. The van der Waals surface area contributed by atoms with E-state index >= 15 is 0 Å². The smallest absolute Gasteiger partial charge is 0.410 e. The molecule has 1 spiro atoms. The second kappa shape index (κ2) is 6.37. The van der Waals surface area contributed by atoms with Crippen LogP contribution in [-0.4, -0.2) is 58.9 Å². The summed E-state index contributed by atoms with van der Waals surface area (Å²) in [4.78, 5) is 40.6. The normalized spacial score (nSPS) is 25.7. The summed E-state index contributed by atoms with van der Waals surface area (Å²) in [7, 11) is 0. The molecule has 0 aromatic rings. The largest absolute Gasteiger partial charge is 0.444 e. The highest BCUT2D eigenvalue weighted by Gasteiger charge is 2.54. The van der Waals surface area contributed by atoms with Crippen LogP contribution in [0.3, 0.4) is 0 Å². The molecule has 0 aromatic carbocycles. The quantitative estimate of drug-likeness (QED) is 0.793. The number of hydrogen-bond donors (Lipinski definition) is 0. The zero-order chi connectivity index (χ0) is 18.3. The molecule has 0 aromatic heterocycles. The van der Waals surface area contributed by atoms with Crippen molar-refractivity contribution in [3.8, 4) is 0 Å². The van der Waals surface area contributed by atoms with Crippen LogP contribution in [0.25, 0.3) is 0 Å². The van der Waals surface area contributed by atoms with Gasteiger partial charge in [-0.3, -0.25) is 9.59 Å². The van der Waals surface area contributed by atoms with Crippen LogP contribution in [0.5, 0.6) is 0 Å². The van der Waals surface area contributed by atoms with Gasteiger partial charge in [-0.2, -0.15) is 0 Å². The molecule has 2 aliphatic rings. The fourth-order valence-corrected chi connectivity index (χ4v) is 3.90. The Morgan fingerprint density at radius 1 is 1.17 bits per heavy atom. The lowest BCUT2D eigenvalue weighted by Crippen LogP contribution is -2.48. The van der Waals surface area contributed by atoms with Crippen molar-refractivity contribution in [2.75, 3.05) is 19.6 Å². The summed E-state index contributed by atoms with van der Waals surface area (Å²) in [6.07, 6.45) is 0.976. The van der Waals surface area contributed by atoms with Crippen molar-refractivity contribution in [1.29, 1.82) is 0 Å². The Bertz CT molecular complexity index is 538. The van der Waals surface area contributed by atoms with Gasteiger partial charge in [0.05, 0.1) is 11.5 Å². The third-order valence-electron chi connectivity index (χ3n) is 4.94. The molecule has 136 valence electrons. The molecule has 0 N–H and O–H groups in total. The van der Waals surface area contributed by atoms with Crippen molar-refractivity contribution in [1.82, 2.24) is 9.80 Å². The first-order valence-electron chi connectivity index (χ1n) is 8.76. The zero-order valence-electron chi connectivity index (χ0n) is 15.7. The number of rotatable bonds is 3. The topological polar surface area (TPSA) is 66.9 Å². The van der Waals surface area contributed by atoms with Crippen molar-refractivity contribution in [3.05, 3.63) is 0 Å². The van der Waals surface area contributed by atoms with E-state index in [0.29, 0.717) is 32.5 Å². The monoisotopic (exact) mass is 338 g/mol. The van der Waals surface area contributed by atoms with Gasteiger partial charge in [0.1, 0.15) is 5.60 Å². The lowest BCUT2D eigenvalue weighted by atomic mass is 9.85. The summed E-state index contributed by atoms with van der Waals surface area (Å²) in [5.41, 5.74) is -1.09. The Balaban J connectivity index is 2.10. The Kier molecular flexibility index (Phi) is 4.98. The predicted molar refractivity (Wildman–Crippen MR) is 90.5 cm³/mol. The molecule has 2 rings (SSSR count). The van der Waals surface area contributed by atoms with E-state index in [1.165, 1.54) is 0 Å². The fourth-order valence-electron chi connectivity index (χ4n) is 3.90. The highest BCUT2D eigenvalue weighted by atomic mass is 16.6. The summed E-state index contributed by atoms with van der Waals surface area (Å²) in [5.74, 6) is 0.129. The average Bonchev–Trinajstić information content (AvgIpc) is 2.97. The molecule has 2 fully saturated rings. The lowest BCUT2D eigenvalue weighted by molar-refractivity contribution is -0.142. The van der Waals surface area contributed by atoms with Crippen LogP contribution in [0, 0.1) is 11.3 Å². The standard InChI is InChI=1S/C18H30N2O4/c1-12(2)14(13(3)21)20-10-8-18(15(20)22)7-9-19(11-18)16(23)24-17(4,5)6/h12,14H,7-11H2,1-6H3/t14-,18?/m0/s1. The van der Waals surface area contributed by atoms with E-state index in [9.17, 15) is 14.4 Å². The molecule has 6 nitrogen and oxygen atoms in total. The number of hydrogen-bond acceptors (Lipinski definition) is 4. The predicted octanol–water partition coefficient (Wildman–Crippen LogP) is 2.46. The van der Waals surface area contributed by atoms with Gasteiger partial charge in [-0.1, -0.05) is 13.8 Å². The van der Waals surface area contributed by atoms with Crippen molar-refractivity contribution in [2.45, 2.75) is 66.0 Å². The van der Waals surface area contributed by atoms with Gasteiger partial charge in [0, 0.05) is 19.6 Å². The molecule has 2 aliphatic heterocycles. The van der Waals surface area contributed by atoms with E-state index in [4.69, 9.17) is 4.74 Å². The van der Waals surface area contributed by atoms with Gasteiger partial charge in [0.2, 0.25) is 5.91 Å². The summed E-state index contributed by atoms with van der Waals surface area (Å²) >= 11 is 0. The number of amides is 2. The van der Waals surface area contributed by atoms with Crippen LogP contribution in [0.15, 0.2) is 0 Å². The number of ketones is 1. The Hall–Kier alpha value is -1.59. The van der Waals surface area contributed by atoms with Crippen LogP contribution >= 0.6 is 0 Å². The fraction of sp³-hybridized carbons (Fsp3) is 0.833. The van der Waals surface area contributed by atoms with Crippen molar-refractivity contribution in [3.63, 3.8) is 0 Å². The minimum atomic E-state index is -0.546. The van der Waals surface area contributed by atoms with Crippen LogP contribution in [0.2, 0.25) is 0 Å². The molecule has 0 aliphatic carbocycles. The summed E-state index contributed by atoms with van der Waals surface area (Å²) < 4.78 is 5.42. The summed E-state index contributed by atoms with van der Waals surface area (Å²) in [5, 5.41) is 0. The highest BCUT2D eigenvalue weighted by Crippen LogP contribution is 2.42. The highest BCUT2D eigenvalue weighted by molar-refractivity contribution is 5.92. The van der Waals surface area contributed by atoms with Gasteiger partial charge in [-0.25, -0.2) is 4.79 Å². The molecule has 2 amide bonds. The Morgan fingerprint density at radius 2 is 1.75 bits per heavy atom. The van der Waals surface area contributed by atoms with E-state index in [-0.39, 0.29) is 29.7 Å². The van der Waals surface area contributed by atoms with E-state index in [2.05, 4.69) is 0 Å². The van der Waals surface area contributed by atoms with E-state index in [1.807, 2.05) is 34.6 Å². The molecule has 0 saturated carbocycles. The van der Waals surface area contributed by atoms with Gasteiger partial charge in [-0.15, -0.1) is 0 Å². The minimum absolute atomic E-state index is 0.0162. The maximum absolute atomic E-state index is 13.0. The second-order valence-electron chi connectivity index (χ2n) is 8.48. The first kappa shape index (κ1) is 18.7. The number of carbonyl (C=O) groups is 3. The average molecular weight is 338 g/mol. The molecule has 2 heterocycles. The number of nitrogens with zero attached hydrogens (tertiary/aromatic N) is 2. The molecule has 2 saturated heterocycles. The Morgan fingerprint density at radius 3 is 2.25 bits per heavy atom. The van der Waals surface area contributed by atoms with Gasteiger partial charge < -0.3 is 14.5 Å². The van der Waals surface area contributed by atoms with Gasteiger partial charge >= 0.3 is 6.09 Å². The molecule has 0 radical (unpaired) electrons. The lowest BCUT2D eigenvalue weighted by Gasteiger charge is -2.31. The molecule has 24 heavy (non-hydrogen) atoms. The van der Waals surface area contributed by atoms with Crippen molar-refractivity contribution < 1.29 is 19.1 Å². The number of likely N-dealkylation sites (tertiary alicyclic amines) is 2. The van der Waals surface area contributed by atoms with Crippen molar-refractivity contribution in [2.24, 2.45) is 11.3 Å². The van der Waals surface area contributed by atoms with Crippen LogP contribution in [0.4, 0.5) is 4.79 Å². The number of carbonyl (C=O) groups excluding carboxylic acids is 3. The van der Waals surface area contributed by atoms with Crippen LogP contribution in [-0.2, 0) is 14.3 Å². The Labute approximate surface area is 144 Å². The molecular weight excluding hydrogens is 308 g/mol.